The second-order valence-electron chi connectivity index (χ2n) is 5.57. The molecule has 3 heteroatoms. The summed E-state index contributed by atoms with van der Waals surface area (Å²) in [7, 11) is 3.39. The van der Waals surface area contributed by atoms with Crippen LogP contribution in [0.4, 0.5) is 5.69 Å². The quantitative estimate of drug-likeness (QED) is 0.872. The topological polar surface area (TPSA) is 30.5 Å². The molecule has 0 unspecified atom stereocenters. The van der Waals surface area contributed by atoms with E-state index in [1.54, 1.807) is 14.2 Å². The van der Waals surface area contributed by atoms with Crippen molar-refractivity contribution in [2.24, 2.45) is 11.8 Å². The first-order valence-corrected chi connectivity index (χ1v) is 7.18. The van der Waals surface area contributed by atoms with Gasteiger partial charge in [0.2, 0.25) is 0 Å². The van der Waals surface area contributed by atoms with Crippen molar-refractivity contribution in [1.29, 1.82) is 0 Å². The Bertz CT molecular complexity index is 398. The van der Waals surface area contributed by atoms with E-state index < -0.39 is 0 Å². The van der Waals surface area contributed by atoms with Gasteiger partial charge in [0.25, 0.3) is 0 Å². The van der Waals surface area contributed by atoms with Crippen LogP contribution in [0.5, 0.6) is 11.5 Å². The van der Waals surface area contributed by atoms with Gasteiger partial charge in [-0.05, 0) is 36.8 Å². The summed E-state index contributed by atoms with van der Waals surface area (Å²) in [6.07, 6.45) is 5.39. The number of hydrogen-bond acceptors (Lipinski definition) is 3. The van der Waals surface area contributed by atoms with Gasteiger partial charge >= 0.3 is 0 Å². The Morgan fingerprint density at radius 3 is 2.47 bits per heavy atom. The predicted octanol–water partition coefficient (Wildman–Crippen LogP) is 3.94. The van der Waals surface area contributed by atoms with Gasteiger partial charge in [-0.3, -0.25) is 0 Å². The summed E-state index contributed by atoms with van der Waals surface area (Å²) in [5.74, 6) is 3.43. The highest BCUT2D eigenvalue weighted by Crippen LogP contribution is 2.31. The van der Waals surface area contributed by atoms with E-state index in [2.05, 4.69) is 12.2 Å². The number of nitrogens with one attached hydrogen (secondary N) is 1. The first kappa shape index (κ1) is 14.0. The minimum absolute atomic E-state index is 0.784. The highest BCUT2D eigenvalue weighted by Gasteiger charge is 2.18. The van der Waals surface area contributed by atoms with Crippen molar-refractivity contribution in [2.45, 2.75) is 32.6 Å². The number of benzene rings is 1. The molecule has 1 aliphatic carbocycles. The number of anilines is 1. The van der Waals surface area contributed by atoms with Crippen LogP contribution >= 0.6 is 0 Å². The van der Waals surface area contributed by atoms with Gasteiger partial charge in [0.1, 0.15) is 11.5 Å². The summed E-state index contributed by atoms with van der Waals surface area (Å²) in [5, 5.41) is 3.52. The smallest absolute Gasteiger partial charge is 0.142 e. The molecule has 0 atom stereocenters. The molecule has 0 saturated heterocycles. The van der Waals surface area contributed by atoms with Crippen LogP contribution in [0.25, 0.3) is 0 Å². The van der Waals surface area contributed by atoms with E-state index in [9.17, 15) is 0 Å². The maximum Gasteiger partial charge on any atom is 0.142 e. The zero-order chi connectivity index (χ0) is 13.7. The van der Waals surface area contributed by atoms with Crippen LogP contribution in [0.2, 0.25) is 0 Å². The van der Waals surface area contributed by atoms with Crippen LogP contribution in [0.3, 0.4) is 0 Å². The van der Waals surface area contributed by atoms with Crippen LogP contribution in [-0.2, 0) is 0 Å². The van der Waals surface area contributed by atoms with E-state index in [0.717, 1.165) is 35.6 Å². The van der Waals surface area contributed by atoms with Crippen LogP contribution in [0, 0.1) is 11.8 Å². The van der Waals surface area contributed by atoms with Crippen LogP contribution in [0.15, 0.2) is 18.2 Å². The molecule has 0 aromatic heterocycles. The highest BCUT2D eigenvalue weighted by molar-refractivity contribution is 5.59. The van der Waals surface area contributed by atoms with Crippen molar-refractivity contribution in [3.8, 4) is 11.5 Å². The second kappa shape index (κ2) is 6.69. The summed E-state index contributed by atoms with van der Waals surface area (Å²) in [5.41, 5.74) is 1.03. The van der Waals surface area contributed by atoms with Crippen molar-refractivity contribution >= 4 is 5.69 Å². The Labute approximate surface area is 116 Å². The lowest BCUT2D eigenvalue weighted by Crippen LogP contribution is -2.20. The molecular weight excluding hydrogens is 238 g/mol. The average molecular weight is 263 g/mol. The molecule has 1 aromatic rings. The van der Waals surface area contributed by atoms with Crippen molar-refractivity contribution in [3.05, 3.63) is 18.2 Å². The van der Waals surface area contributed by atoms with E-state index in [-0.39, 0.29) is 0 Å². The minimum atomic E-state index is 0.784. The number of hydrogen-bond donors (Lipinski definition) is 1. The molecule has 0 heterocycles. The number of rotatable bonds is 5. The molecule has 0 radical (unpaired) electrons. The Hall–Kier alpha value is -1.38. The molecule has 3 nitrogen and oxygen atoms in total. The van der Waals surface area contributed by atoms with Crippen LogP contribution in [-0.4, -0.2) is 20.8 Å². The molecule has 0 bridgehead atoms. The summed E-state index contributed by atoms with van der Waals surface area (Å²) in [6, 6.07) is 5.88. The first-order valence-electron chi connectivity index (χ1n) is 7.18. The van der Waals surface area contributed by atoms with E-state index in [4.69, 9.17) is 9.47 Å². The van der Waals surface area contributed by atoms with Crippen molar-refractivity contribution in [2.75, 3.05) is 26.1 Å². The summed E-state index contributed by atoms with van der Waals surface area (Å²) >= 11 is 0. The molecule has 1 saturated carbocycles. The molecule has 0 aliphatic heterocycles. The maximum atomic E-state index is 5.38. The lowest BCUT2D eigenvalue weighted by Gasteiger charge is -2.26. The lowest BCUT2D eigenvalue weighted by atomic mass is 9.83. The second-order valence-corrected chi connectivity index (χ2v) is 5.57. The van der Waals surface area contributed by atoms with Crippen LogP contribution < -0.4 is 14.8 Å². The Morgan fingerprint density at radius 1 is 1.11 bits per heavy atom. The first-order chi connectivity index (χ1) is 9.22. The van der Waals surface area contributed by atoms with Gasteiger partial charge in [-0.15, -0.1) is 0 Å². The van der Waals surface area contributed by atoms with E-state index >= 15 is 0 Å². The fourth-order valence-corrected chi connectivity index (χ4v) is 2.74. The van der Waals surface area contributed by atoms with Gasteiger partial charge in [0.05, 0.1) is 19.9 Å². The SMILES string of the molecule is COc1ccc(OC)c(NCC2CCC(C)CC2)c1. The highest BCUT2D eigenvalue weighted by atomic mass is 16.5. The monoisotopic (exact) mass is 263 g/mol. The van der Waals surface area contributed by atoms with E-state index in [1.165, 1.54) is 25.7 Å². The molecule has 19 heavy (non-hydrogen) atoms. The zero-order valence-corrected chi connectivity index (χ0v) is 12.2. The van der Waals surface area contributed by atoms with Gasteiger partial charge in [0, 0.05) is 12.6 Å². The minimum Gasteiger partial charge on any atom is -0.497 e. The van der Waals surface area contributed by atoms with Crippen LogP contribution in [0.1, 0.15) is 32.6 Å². The number of ether oxygens (including phenoxy) is 2. The molecule has 0 spiro atoms. The van der Waals surface area contributed by atoms with Crippen molar-refractivity contribution in [3.63, 3.8) is 0 Å². The van der Waals surface area contributed by atoms with Gasteiger partial charge in [0.15, 0.2) is 0 Å². The molecule has 106 valence electrons. The van der Waals surface area contributed by atoms with Gasteiger partial charge in [-0.1, -0.05) is 19.8 Å². The molecule has 1 aliphatic rings. The third kappa shape index (κ3) is 3.79. The molecule has 2 rings (SSSR count). The molecule has 1 aromatic carbocycles. The van der Waals surface area contributed by atoms with Gasteiger partial charge in [-0.25, -0.2) is 0 Å². The largest absolute Gasteiger partial charge is 0.497 e. The predicted molar refractivity (Wildman–Crippen MR) is 79.2 cm³/mol. The third-order valence-corrected chi connectivity index (χ3v) is 4.12. The fourth-order valence-electron chi connectivity index (χ4n) is 2.74. The van der Waals surface area contributed by atoms with Gasteiger partial charge < -0.3 is 14.8 Å². The summed E-state index contributed by atoms with van der Waals surface area (Å²) in [4.78, 5) is 0. The Kier molecular flexibility index (Phi) is 4.94. The van der Waals surface area contributed by atoms with Crippen molar-refractivity contribution in [1.82, 2.24) is 0 Å². The van der Waals surface area contributed by atoms with E-state index in [0.29, 0.717) is 0 Å². The normalized spacial score (nSPS) is 22.9. The Balaban J connectivity index is 1.94. The maximum absolute atomic E-state index is 5.38. The van der Waals surface area contributed by atoms with Gasteiger partial charge in [-0.2, -0.15) is 0 Å². The Morgan fingerprint density at radius 2 is 1.84 bits per heavy atom. The lowest BCUT2D eigenvalue weighted by molar-refractivity contribution is 0.300. The molecule has 1 fully saturated rings. The summed E-state index contributed by atoms with van der Waals surface area (Å²) in [6.45, 7) is 3.38. The zero-order valence-electron chi connectivity index (χ0n) is 12.2. The van der Waals surface area contributed by atoms with E-state index in [1.807, 2.05) is 18.2 Å². The molecule has 0 amide bonds. The molecule has 1 N–H and O–H groups in total. The third-order valence-electron chi connectivity index (χ3n) is 4.12. The van der Waals surface area contributed by atoms with Crippen molar-refractivity contribution < 1.29 is 9.47 Å². The molecular formula is C16H25NO2. The number of methoxy groups -OCH3 is 2. The summed E-state index contributed by atoms with van der Waals surface area (Å²) < 4.78 is 10.6. The fraction of sp³-hybridized carbons (Fsp3) is 0.625. The average Bonchev–Trinajstić information content (AvgIpc) is 2.46. The standard InChI is InChI=1S/C16H25NO2/c1-12-4-6-13(7-5-12)11-17-15-10-14(18-2)8-9-16(15)19-3/h8-10,12-13,17H,4-7,11H2,1-3H3.